The second-order valence-electron chi connectivity index (χ2n) is 6.66. The van der Waals surface area contributed by atoms with Gasteiger partial charge in [0.15, 0.2) is 11.8 Å². The van der Waals surface area contributed by atoms with Crippen molar-refractivity contribution in [2.24, 2.45) is 12.0 Å². The molecule has 9 heteroatoms. The zero-order valence-corrected chi connectivity index (χ0v) is 18.4. The van der Waals surface area contributed by atoms with Crippen molar-refractivity contribution in [3.05, 3.63) is 22.7 Å². The van der Waals surface area contributed by atoms with Crippen molar-refractivity contribution in [3.8, 4) is 0 Å². The number of halogens is 1. The van der Waals surface area contributed by atoms with Crippen LogP contribution in [0.3, 0.4) is 0 Å². The lowest BCUT2D eigenvalue weighted by molar-refractivity contribution is 0.0653. The summed E-state index contributed by atoms with van der Waals surface area (Å²) in [6.07, 6.45) is 3.98. The van der Waals surface area contributed by atoms with Crippen molar-refractivity contribution >= 4 is 35.8 Å². The van der Waals surface area contributed by atoms with Crippen LogP contribution < -0.4 is 15.8 Å². The Balaban J connectivity index is 0.00000338. The fourth-order valence-electron chi connectivity index (χ4n) is 2.61. The van der Waals surface area contributed by atoms with E-state index in [1.54, 1.807) is 30.9 Å². The van der Waals surface area contributed by atoms with Gasteiger partial charge in [0.05, 0.1) is 12.1 Å². The Hall–Kier alpha value is -1.36. The number of rotatable bonds is 5. The molecule has 0 aliphatic carbocycles. The quantitative estimate of drug-likeness (QED) is 0.367. The summed E-state index contributed by atoms with van der Waals surface area (Å²) >= 11 is 0. The Labute approximate surface area is 172 Å². The Morgan fingerprint density at radius 2 is 2.00 bits per heavy atom. The van der Waals surface area contributed by atoms with E-state index in [1.807, 2.05) is 18.7 Å². The molecule has 0 saturated carbocycles. The maximum absolute atomic E-state index is 12.2. The van der Waals surface area contributed by atoms with Crippen LogP contribution in [-0.2, 0) is 7.05 Å². The number of piperazine rings is 1. The second kappa shape index (κ2) is 10.1. The highest BCUT2D eigenvalue weighted by molar-refractivity contribution is 14.0. The predicted octanol–water partition coefficient (Wildman–Crippen LogP) is 0.647. The molecule has 1 aliphatic rings. The average molecular weight is 478 g/mol. The van der Waals surface area contributed by atoms with Crippen LogP contribution >= 0.6 is 24.0 Å². The highest BCUT2D eigenvalue weighted by atomic mass is 127. The SMILES string of the molecule is CCNC(=NCC(C)(O)CC)N1CCN(c2nccn(C)c2=O)CC1.I. The molecule has 1 fully saturated rings. The molecule has 2 heterocycles. The van der Waals surface area contributed by atoms with Gasteiger partial charge in [-0.2, -0.15) is 0 Å². The van der Waals surface area contributed by atoms with E-state index in [-0.39, 0.29) is 29.5 Å². The van der Waals surface area contributed by atoms with E-state index in [0.717, 1.165) is 25.6 Å². The lowest BCUT2D eigenvalue weighted by Crippen LogP contribution is -2.54. The van der Waals surface area contributed by atoms with Gasteiger partial charge in [-0.25, -0.2) is 4.98 Å². The third-order valence-corrected chi connectivity index (χ3v) is 4.54. The first kappa shape index (κ1) is 22.7. The van der Waals surface area contributed by atoms with Crippen molar-refractivity contribution in [1.82, 2.24) is 19.8 Å². The van der Waals surface area contributed by atoms with E-state index < -0.39 is 5.60 Å². The number of anilines is 1. The van der Waals surface area contributed by atoms with Gasteiger partial charge in [0, 0.05) is 52.2 Å². The molecule has 0 amide bonds. The van der Waals surface area contributed by atoms with E-state index in [4.69, 9.17) is 0 Å². The highest BCUT2D eigenvalue weighted by Crippen LogP contribution is 2.11. The first-order chi connectivity index (χ1) is 11.9. The summed E-state index contributed by atoms with van der Waals surface area (Å²) in [6.45, 7) is 9.84. The van der Waals surface area contributed by atoms with Crippen LogP contribution in [0.2, 0.25) is 0 Å². The van der Waals surface area contributed by atoms with E-state index in [9.17, 15) is 9.90 Å². The van der Waals surface area contributed by atoms with Gasteiger partial charge in [0.1, 0.15) is 0 Å². The fraction of sp³-hybridized carbons (Fsp3) is 0.706. The van der Waals surface area contributed by atoms with Gasteiger partial charge in [0.2, 0.25) is 0 Å². The van der Waals surface area contributed by atoms with E-state index in [0.29, 0.717) is 31.9 Å². The first-order valence-corrected chi connectivity index (χ1v) is 8.90. The minimum atomic E-state index is -0.789. The number of aliphatic imine (C=N–C) groups is 1. The zero-order chi connectivity index (χ0) is 18.4. The van der Waals surface area contributed by atoms with Gasteiger partial charge in [0.25, 0.3) is 5.56 Å². The molecule has 0 radical (unpaired) electrons. The molecule has 0 bridgehead atoms. The molecule has 1 aromatic heterocycles. The number of hydrogen-bond acceptors (Lipinski definition) is 5. The number of aryl methyl sites for hydroxylation is 1. The Kier molecular flexibility index (Phi) is 8.81. The summed E-state index contributed by atoms with van der Waals surface area (Å²) in [5.74, 6) is 1.31. The van der Waals surface area contributed by atoms with Crippen LogP contribution in [0.15, 0.2) is 22.2 Å². The smallest absolute Gasteiger partial charge is 0.293 e. The van der Waals surface area contributed by atoms with Gasteiger partial charge >= 0.3 is 0 Å². The lowest BCUT2D eigenvalue weighted by Gasteiger charge is -2.37. The van der Waals surface area contributed by atoms with Gasteiger partial charge in [-0.05, 0) is 20.3 Å². The van der Waals surface area contributed by atoms with Crippen LogP contribution in [0.1, 0.15) is 27.2 Å². The summed E-state index contributed by atoms with van der Waals surface area (Å²) in [6, 6.07) is 0. The van der Waals surface area contributed by atoms with Crippen molar-refractivity contribution in [2.45, 2.75) is 32.8 Å². The molecule has 8 nitrogen and oxygen atoms in total. The minimum Gasteiger partial charge on any atom is -0.388 e. The van der Waals surface area contributed by atoms with Crippen molar-refractivity contribution < 1.29 is 5.11 Å². The molecule has 1 unspecified atom stereocenters. The van der Waals surface area contributed by atoms with Crippen molar-refractivity contribution in [1.29, 1.82) is 0 Å². The molecule has 0 aromatic carbocycles. The van der Waals surface area contributed by atoms with Gasteiger partial charge < -0.3 is 24.8 Å². The van der Waals surface area contributed by atoms with Crippen LogP contribution in [0.5, 0.6) is 0 Å². The normalized spacial score (nSPS) is 17.5. The zero-order valence-electron chi connectivity index (χ0n) is 16.1. The molecule has 1 aliphatic heterocycles. The molecular weight excluding hydrogens is 447 g/mol. The van der Waals surface area contributed by atoms with Crippen molar-refractivity contribution in [2.75, 3.05) is 44.2 Å². The highest BCUT2D eigenvalue weighted by Gasteiger charge is 2.23. The van der Waals surface area contributed by atoms with Crippen LogP contribution in [-0.4, -0.2) is 70.4 Å². The van der Waals surface area contributed by atoms with Crippen LogP contribution in [0.4, 0.5) is 5.82 Å². The maximum Gasteiger partial charge on any atom is 0.293 e. The summed E-state index contributed by atoms with van der Waals surface area (Å²) in [5, 5.41) is 13.5. The molecule has 1 saturated heterocycles. The number of aliphatic hydroxyl groups is 1. The standard InChI is InChI=1S/C17H30N6O2.HI/c1-5-17(3,25)13-20-16(18-6-2)23-11-9-22(10-12-23)14-15(24)21(4)8-7-19-14;/h7-8,25H,5-6,9-13H2,1-4H3,(H,18,20);1H. The lowest BCUT2D eigenvalue weighted by atomic mass is 10.1. The van der Waals surface area contributed by atoms with Crippen molar-refractivity contribution in [3.63, 3.8) is 0 Å². The van der Waals surface area contributed by atoms with E-state index in [2.05, 4.69) is 20.2 Å². The molecule has 1 atom stereocenters. The summed E-state index contributed by atoms with van der Waals surface area (Å²) in [7, 11) is 1.74. The van der Waals surface area contributed by atoms with Crippen LogP contribution in [0.25, 0.3) is 0 Å². The number of hydrogen-bond donors (Lipinski definition) is 2. The van der Waals surface area contributed by atoms with Crippen LogP contribution in [0, 0.1) is 0 Å². The van der Waals surface area contributed by atoms with E-state index >= 15 is 0 Å². The monoisotopic (exact) mass is 478 g/mol. The number of nitrogens with zero attached hydrogens (tertiary/aromatic N) is 5. The summed E-state index contributed by atoms with van der Waals surface area (Å²) in [5.41, 5.74) is -0.863. The molecular formula is C17H31IN6O2. The van der Waals surface area contributed by atoms with Gasteiger partial charge in [-0.3, -0.25) is 9.79 Å². The average Bonchev–Trinajstić information content (AvgIpc) is 2.61. The Bertz CT molecular complexity index is 653. The summed E-state index contributed by atoms with van der Waals surface area (Å²) < 4.78 is 1.55. The maximum atomic E-state index is 12.2. The molecule has 26 heavy (non-hydrogen) atoms. The fourth-order valence-corrected chi connectivity index (χ4v) is 2.61. The molecule has 2 N–H and O–H groups in total. The number of aromatic nitrogens is 2. The third kappa shape index (κ3) is 5.83. The Morgan fingerprint density at radius 1 is 1.35 bits per heavy atom. The largest absolute Gasteiger partial charge is 0.388 e. The topological polar surface area (TPSA) is 86.0 Å². The molecule has 2 rings (SSSR count). The van der Waals surface area contributed by atoms with Gasteiger partial charge in [-0.1, -0.05) is 6.92 Å². The molecule has 148 valence electrons. The number of guanidine groups is 1. The minimum absolute atomic E-state index is 0. The molecule has 0 spiro atoms. The first-order valence-electron chi connectivity index (χ1n) is 8.90. The number of nitrogens with one attached hydrogen (secondary N) is 1. The second-order valence-corrected chi connectivity index (χ2v) is 6.66. The van der Waals surface area contributed by atoms with E-state index in [1.165, 1.54) is 0 Å². The molecule has 1 aromatic rings. The Morgan fingerprint density at radius 3 is 2.58 bits per heavy atom. The predicted molar refractivity (Wildman–Crippen MR) is 116 cm³/mol. The summed E-state index contributed by atoms with van der Waals surface area (Å²) in [4.78, 5) is 25.2. The van der Waals surface area contributed by atoms with Gasteiger partial charge in [-0.15, -0.1) is 24.0 Å². The third-order valence-electron chi connectivity index (χ3n) is 4.54.